The lowest BCUT2D eigenvalue weighted by atomic mass is 9.53. The zero-order valence-electron chi connectivity index (χ0n) is 18.3. The van der Waals surface area contributed by atoms with Crippen molar-refractivity contribution in [2.75, 3.05) is 27.9 Å². The molecule has 2 saturated carbocycles. The van der Waals surface area contributed by atoms with Gasteiger partial charge in [-0.2, -0.15) is 0 Å². The first-order valence-electron chi connectivity index (χ1n) is 11.0. The van der Waals surface area contributed by atoms with Gasteiger partial charge < -0.3 is 19.5 Å². The van der Waals surface area contributed by atoms with Crippen molar-refractivity contribution in [3.63, 3.8) is 0 Å². The van der Waals surface area contributed by atoms with E-state index in [1.54, 1.807) is 21.3 Å². The summed E-state index contributed by atoms with van der Waals surface area (Å²) in [5.74, 6) is 4.45. The van der Waals surface area contributed by atoms with Crippen LogP contribution in [0.15, 0.2) is 30.6 Å². The van der Waals surface area contributed by atoms with Gasteiger partial charge in [0.2, 0.25) is 0 Å². The Morgan fingerprint density at radius 1 is 0.967 bits per heavy atom. The average Bonchev–Trinajstić information content (AvgIpc) is 2.79. The van der Waals surface area contributed by atoms with Gasteiger partial charge in [0.1, 0.15) is 5.82 Å². The largest absolute Gasteiger partial charge is 0.493 e. The van der Waals surface area contributed by atoms with Crippen molar-refractivity contribution in [1.82, 2.24) is 15.3 Å². The SMILES string of the molecule is COCCc1ncc(CN[C@H]2[C@@H]3CCCC[C@H]3[C@@H]2c2ccc(OC)c(OC)c2)cn1. The first-order valence-corrected chi connectivity index (χ1v) is 11.0. The Kier molecular flexibility index (Phi) is 6.85. The molecule has 30 heavy (non-hydrogen) atoms. The molecule has 1 aromatic carbocycles. The van der Waals surface area contributed by atoms with Crippen LogP contribution < -0.4 is 14.8 Å². The molecule has 0 amide bonds. The first-order chi connectivity index (χ1) is 14.7. The van der Waals surface area contributed by atoms with E-state index >= 15 is 0 Å². The summed E-state index contributed by atoms with van der Waals surface area (Å²) < 4.78 is 16.1. The summed E-state index contributed by atoms with van der Waals surface area (Å²) in [4.78, 5) is 8.95. The molecule has 0 saturated heterocycles. The summed E-state index contributed by atoms with van der Waals surface area (Å²) >= 11 is 0. The summed E-state index contributed by atoms with van der Waals surface area (Å²) in [6.07, 6.45) is 9.94. The zero-order chi connectivity index (χ0) is 20.9. The molecule has 2 aromatic rings. The topological polar surface area (TPSA) is 65.5 Å². The molecule has 1 heterocycles. The van der Waals surface area contributed by atoms with E-state index in [1.165, 1.54) is 31.2 Å². The Hall–Kier alpha value is -2.18. The third kappa shape index (κ3) is 4.30. The monoisotopic (exact) mass is 411 g/mol. The highest BCUT2D eigenvalue weighted by atomic mass is 16.5. The molecule has 0 unspecified atom stereocenters. The van der Waals surface area contributed by atoms with Crippen molar-refractivity contribution >= 4 is 0 Å². The molecule has 1 aromatic heterocycles. The van der Waals surface area contributed by atoms with Crippen molar-refractivity contribution in [2.24, 2.45) is 11.8 Å². The van der Waals surface area contributed by atoms with E-state index in [-0.39, 0.29) is 0 Å². The van der Waals surface area contributed by atoms with Gasteiger partial charge in [-0.15, -0.1) is 0 Å². The van der Waals surface area contributed by atoms with Crippen LogP contribution in [-0.4, -0.2) is 43.9 Å². The van der Waals surface area contributed by atoms with Crippen LogP contribution >= 0.6 is 0 Å². The molecule has 6 nitrogen and oxygen atoms in total. The van der Waals surface area contributed by atoms with Crippen molar-refractivity contribution in [3.05, 3.63) is 47.5 Å². The van der Waals surface area contributed by atoms with Gasteiger partial charge in [0.15, 0.2) is 11.5 Å². The predicted octanol–water partition coefficient (Wildman–Crippen LogP) is 3.74. The standard InChI is InChI=1S/C24H33N3O3/c1-28-11-10-22-25-13-16(14-26-22)15-27-24-19-7-5-4-6-18(19)23(24)17-8-9-20(29-2)21(12-17)30-3/h8-9,12-14,18-19,23-24,27H,4-7,10-11,15H2,1-3H3/t18-,19-,23+,24+/m1/s1. The normalized spacial score (nSPS) is 25.3. The van der Waals surface area contributed by atoms with E-state index in [0.29, 0.717) is 18.6 Å². The molecular formula is C24H33N3O3. The number of benzene rings is 1. The van der Waals surface area contributed by atoms with Gasteiger partial charge in [0.05, 0.1) is 20.8 Å². The van der Waals surface area contributed by atoms with Crippen LogP contribution in [0.5, 0.6) is 11.5 Å². The summed E-state index contributed by atoms with van der Waals surface area (Å²) in [5.41, 5.74) is 2.47. The molecule has 1 N–H and O–H groups in total. The average molecular weight is 412 g/mol. The van der Waals surface area contributed by atoms with E-state index in [9.17, 15) is 0 Å². The number of rotatable bonds is 9. The fourth-order valence-electron chi connectivity index (χ4n) is 5.29. The van der Waals surface area contributed by atoms with Crippen LogP contribution in [0.2, 0.25) is 0 Å². The van der Waals surface area contributed by atoms with Gasteiger partial charge in [-0.1, -0.05) is 18.9 Å². The van der Waals surface area contributed by atoms with Crippen molar-refractivity contribution in [1.29, 1.82) is 0 Å². The Bertz CT molecular complexity index is 827. The fourth-order valence-corrected chi connectivity index (χ4v) is 5.29. The Morgan fingerprint density at radius 3 is 2.40 bits per heavy atom. The van der Waals surface area contributed by atoms with Gasteiger partial charge in [0, 0.05) is 50.0 Å². The van der Waals surface area contributed by atoms with Crippen LogP contribution in [0.1, 0.15) is 48.6 Å². The molecule has 0 aliphatic heterocycles. The number of methoxy groups -OCH3 is 3. The highest BCUT2D eigenvalue weighted by Crippen LogP contribution is 2.55. The van der Waals surface area contributed by atoms with E-state index in [2.05, 4.69) is 27.4 Å². The number of ether oxygens (including phenoxy) is 3. The second kappa shape index (κ2) is 9.75. The Labute approximate surface area is 179 Å². The molecule has 162 valence electrons. The summed E-state index contributed by atoms with van der Waals surface area (Å²) in [7, 11) is 5.09. The fraction of sp³-hybridized carbons (Fsp3) is 0.583. The second-order valence-corrected chi connectivity index (χ2v) is 8.41. The molecule has 4 atom stereocenters. The Morgan fingerprint density at radius 2 is 1.70 bits per heavy atom. The van der Waals surface area contributed by atoms with Crippen LogP contribution in [0.3, 0.4) is 0 Å². The minimum Gasteiger partial charge on any atom is -0.493 e. The number of hydrogen-bond donors (Lipinski definition) is 1. The minimum atomic E-state index is 0.474. The maximum absolute atomic E-state index is 5.56. The van der Waals surface area contributed by atoms with Crippen molar-refractivity contribution in [3.8, 4) is 11.5 Å². The van der Waals surface area contributed by atoms with E-state index < -0.39 is 0 Å². The highest BCUT2D eigenvalue weighted by Gasteiger charge is 2.51. The van der Waals surface area contributed by atoms with E-state index in [4.69, 9.17) is 14.2 Å². The number of fused-ring (bicyclic) bond motifs is 1. The van der Waals surface area contributed by atoms with E-state index in [1.807, 2.05) is 18.5 Å². The number of nitrogens with one attached hydrogen (secondary N) is 1. The summed E-state index contributed by atoms with van der Waals surface area (Å²) in [6.45, 7) is 1.44. The lowest BCUT2D eigenvalue weighted by molar-refractivity contribution is 0.0252. The van der Waals surface area contributed by atoms with Crippen LogP contribution in [-0.2, 0) is 17.7 Å². The third-order valence-electron chi connectivity index (χ3n) is 6.81. The van der Waals surface area contributed by atoms with Crippen LogP contribution in [0, 0.1) is 11.8 Å². The van der Waals surface area contributed by atoms with Gasteiger partial charge in [-0.05, 0) is 42.4 Å². The van der Waals surface area contributed by atoms with E-state index in [0.717, 1.165) is 47.7 Å². The van der Waals surface area contributed by atoms with Crippen LogP contribution in [0.25, 0.3) is 0 Å². The Balaban J connectivity index is 1.46. The molecule has 0 spiro atoms. The number of aromatic nitrogens is 2. The van der Waals surface area contributed by atoms with Crippen molar-refractivity contribution in [2.45, 2.75) is 50.6 Å². The van der Waals surface area contributed by atoms with Crippen molar-refractivity contribution < 1.29 is 14.2 Å². The van der Waals surface area contributed by atoms with Gasteiger partial charge >= 0.3 is 0 Å². The molecule has 2 aliphatic carbocycles. The third-order valence-corrected chi connectivity index (χ3v) is 6.81. The molecular weight excluding hydrogens is 378 g/mol. The number of hydrogen-bond acceptors (Lipinski definition) is 6. The smallest absolute Gasteiger partial charge is 0.160 e. The molecule has 6 heteroatoms. The molecule has 0 radical (unpaired) electrons. The maximum Gasteiger partial charge on any atom is 0.160 e. The van der Waals surface area contributed by atoms with Crippen LogP contribution in [0.4, 0.5) is 0 Å². The quantitative estimate of drug-likeness (QED) is 0.678. The first kappa shape index (κ1) is 21.1. The summed E-state index contributed by atoms with van der Waals surface area (Å²) in [5, 5.41) is 3.84. The summed E-state index contributed by atoms with van der Waals surface area (Å²) in [6, 6.07) is 6.88. The maximum atomic E-state index is 5.56. The molecule has 2 aliphatic rings. The van der Waals surface area contributed by atoms with Gasteiger partial charge in [-0.3, -0.25) is 0 Å². The predicted molar refractivity (Wildman–Crippen MR) is 116 cm³/mol. The molecule has 2 fully saturated rings. The zero-order valence-corrected chi connectivity index (χ0v) is 18.3. The second-order valence-electron chi connectivity index (χ2n) is 8.41. The van der Waals surface area contributed by atoms with Gasteiger partial charge in [-0.25, -0.2) is 9.97 Å². The highest BCUT2D eigenvalue weighted by molar-refractivity contribution is 5.45. The lowest BCUT2D eigenvalue weighted by Gasteiger charge is -2.55. The lowest BCUT2D eigenvalue weighted by Crippen LogP contribution is -2.57. The van der Waals surface area contributed by atoms with Gasteiger partial charge in [0.25, 0.3) is 0 Å². The number of nitrogens with zero attached hydrogens (tertiary/aromatic N) is 2. The molecule has 4 rings (SSSR count). The molecule has 0 bridgehead atoms. The minimum absolute atomic E-state index is 0.474.